The largest absolute Gasteiger partial charge is 0.438 e. The third kappa shape index (κ3) is 4.71. The van der Waals surface area contributed by atoms with Gasteiger partial charge in [-0.15, -0.1) is 0 Å². The molecule has 2 fully saturated rings. The number of hydrogen-bond acceptors (Lipinski definition) is 7. The van der Waals surface area contributed by atoms with Gasteiger partial charge in [-0.1, -0.05) is 25.1 Å². The molecular formula is C23H31N5O4. The number of carbonyl (C=O) groups excluding carboxylic acids is 2. The van der Waals surface area contributed by atoms with Crippen LogP contribution in [0.2, 0.25) is 0 Å². The molecule has 2 aromatic heterocycles. The van der Waals surface area contributed by atoms with Crippen molar-refractivity contribution in [2.24, 2.45) is 28.7 Å². The predicted octanol–water partition coefficient (Wildman–Crippen LogP) is 3.20. The second-order valence-corrected chi connectivity index (χ2v) is 9.61. The van der Waals surface area contributed by atoms with Gasteiger partial charge in [0, 0.05) is 31.3 Å². The van der Waals surface area contributed by atoms with E-state index in [1.54, 1.807) is 0 Å². The Kier molecular flexibility index (Phi) is 6.08. The Hall–Kier alpha value is -3.10. The molecule has 3 heterocycles. The number of pyridine rings is 1. The molecule has 1 saturated carbocycles. The van der Waals surface area contributed by atoms with Gasteiger partial charge in [-0.05, 0) is 55.1 Å². The van der Waals surface area contributed by atoms with Crippen molar-refractivity contribution in [1.82, 2.24) is 10.1 Å². The van der Waals surface area contributed by atoms with E-state index in [0.717, 1.165) is 51.0 Å². The molecule has 0 aromatic carbocycles. The fourth-order valence-electron chi connectivity index (χ4n) is 5.13. The summed E-state index contributed by atoms with van der Waals surface area (Å²) in [6, 6.07) is 5.73. The van der Waals surface area contributed by atoms with Crippen LogP contribution in [0, 0.1) is 17.3 Å². The van der Waals surface area contributed by atoms with Crippen LogP contribution in [0.5, 0.6) is 0 Å². The Morgan fingerprint density at radius 2 is 1.97 bits per heavy atom. The van der Waals surface area contributed by atoms with Gasteiger partial charge in [0.1, 0.15) is 5.82 Å². The number of anilines is 1. The summed E-state index contributed by atoms with van der Waals surface area (Å²) in [5, 5.41) is 3.66. The lowest BCUT2D eigenvalue weighted by Crippen LogP contribution is -2.49. The highest BCUT2D eigenvalue weighted by Gasteiger charge is 2.50. The minimum absolute atomic E-state index is 0.00679. The first-order chi connectivity index (χ1) is 15.2. The number of rotatable bonds is 7. The molecule has 4 N–H and O–H groups in total. The minimum atomic E-state index is -0.880. The Balaban J connectivity index is 1.35. The maximum atomic E-state index is 11.5. The van der Waals surface area contributed by atoms with E-state index in [1.807, 2.05) is 6.20 Å². The number of piperidine rings is 1. The zero-order valence-corrected chi connectivity index (χ0v) is 18.6. The fraction of sp³-hybridized carbons (Fsp3) is 0.565. The van der Waals surface area contributed by atoms with Crippen molar-refractivity contribution >= 4 is 17.8 Å². The molecule has 0 radical (unpaired) electrons. The lowest BCUT2D eigenvalue weighted by atomic mass is 9.56. The highest BCUT2D eigenvalue weighted by atomic mass is 16.6. The molecule has 1 spiro atoms. The third-order valence-electron chi connectivity index (χ3n) is 6.72. The fourth-order valence-corrected chi connectivity index (χ4v) is 5.13. The number of nitrogens with two attached hydrogens (primary N) is 2. The highest BCUT2D eigenvalue weighted by molar-refractivity contribution is 5.90. The first kappa shape index (κ1) is 22.1. The highest BCUT2D eigenvalue weighted by Crippen LogP contribution is 2.57. The summed E-state index contributed by atoms with van der Waals surface area (Å²) in [5.74, 6) is 1.32. The Bertz CT molecular complexity index is 955. The number of amides is 2. The molecule has 9 heteroatoms. The molecule has 2 aliphatic rings. The summed E-state index contributed by atoms with van der Waals surface area (Å²) in [6.45, 7) is 6.31. The van der Waals surface area contributed by atoms with Crippen molar-refractivity contribution in [3.63, 3.8) is 0 Å². The van der Waals surface area contributed by atoms with Crippen molar-refractivity contribution in [3.8, 4) is 0 Å². The average molecular weight is 442 g/mol. The molecule has 1 aliphatic carbocycles. The van der Waals surface area contributed by atoms with E-state index in [1.165, 1.54) is 11.6 Å². The van der Waals surface area contributed by atoms with Crippen molar-refractivity contribution in [1.29, 1.82) is 0 Å². The van der Waals surface area contributed by atoms with Gasteiger partial charge < -0.3 is 25.6 Å². The molecule has 1 saturated heterocycles. The van der Waals surface area contributed by atoms with Gasteiger partial charge in [0.25, 0.3) is 5.91 Å². The van der Waals surface area contributed by atoms with Crippen LogP contribution in [-0.4, -0.2) is 35.2 Å². The molecule has 2 amide bonds. The van der Waals surface area contributed by atoms with Gasteiger partial charge in [-0.25, -0.2) is 9.78 Å². The normalized spacial score (nSPS) is 19.0. The number of primary amides is 2. The Labute approximate surface area is 187 Å². The predicted molar refractivity (Wildman–Crippen MR) is 118 cm³/mol. The first-order valence-electron chi connectivity index (χ1n) is 11.2. The van der Waals surface area contributed by atoms with Crippen LogP contribution in [0.3, 0.4) is 0 Å². The first-order valence-corrected chi connectivity index (χ1v) is 11.2. The maximum Gasteiger partial charge on any atom is 0.405 e. The monoisotopic (exact) mass is 441 g/mol. The van der Waals surface area contributed by atoms with E-state index >= 15 is 0 Å². The van der Waals surface area contributed by atoms with Crippen LogP contribution in [0.15, 0.2) is 28.9 Å². The summed E-state index contributed by atoms with van der Waals surface area (Å²) in [4.78, 5) is 29.8. The SMILES string of the molecule is CC(C)Cc1ccc(N2CCC3(CC2)CC(C(OC(N)=O)c2cc(C(N)=O)no2)C3)nc1. The summed E-state index contributed by atoms with van der Waals surface area (Å²) >= 11 is 0. The summed E-state index contributed by atoms with van der Waals surface area (Å²) in [6.07, 6.45) is 5.37. The summed E-state index contributed by atoms with van der Waals surface area (Å²) in [7, 11) is 0. The molecule has 9 nitrogen and oxygen atoms in total. The van der Waals surface area contributed by atoms with Crippen molar-refractivity contribution < 1.29 is 18.8 Å². The zero-order valence-electron chi connectivity index (χ0n) is 18.6. The molecule has 2 aromatic rings. The average Bonchev–Trinajstić information content (AvgIpc) is 3.21. The van der Waals surface area contributed by atoms with Gasteiger partial charge in [0.15, 0.2) is 17.6 Å². The zero-order chi connectivity index (χ0) is 22.9. The molecular weight excluding hydrogens is 410 g/mol. The van der Waals surface area contributed by atoms with E-state index in [9.17, 15) is 9.59 Å². The van der Waals surface area contributed by atoms with Crippen LogP contribution >= 0.6 is 0 Å². The number of carbonyl (C=O) groups is 2. The van der Waals surface area contributed by atoms with Crippen LogP contribution in [0.25, 0.3) is 0 Å². The maximum absolute atomic E-state index is 11.5. The van der Waals surface area contributed by atoms with Crippen LogP contribution in [-0.2, 0) is 11.2 Å². The molecule has 172 valence electrons. The van der Waals surface area contributed by atoms with Crippen LogP contribution in [0.4, 0.5) is 10.6 Å². The van der Waals surface area contributed by atoms with Gasteiger partial charge in [-0.3, -0.25) is 4.79 Å². The van der Waals surface area contributed by atoms with Crippen molar-refractivity contribution in [2.45, 2.75) is 52.1 Å². The second kappa shape index (κ2) is 8.80. The molecule has 0 bridgehead atoms. The lowest BCUT2D eigenvalue weighted by Gasteiger charge is -2.53. The van der Waals surface area contributed by atoms with Crippen molar-refractivity contribution in [3.05, 3.63) is 41.4 Å². The van der Waals surface area contributed by atoms with E-state index in [4.69, 9.17) is 20.7 Å². The van der Waals surface area contributed by atoms with Gasteiger partial charge >= 0.3 is 6.09 Å². The number of ether oxygens (including phenoxy) is 1. The topological polar surface area (TPSA) is 138 Å². The van der Waals surface area contributed by atoms with Crippen LogP contribution in [0.1, 0.15) is 67.4 Å². The molecule has 1 unspecified atom stereocenters. The van der Waals surface area contributed by atoms with Gasteiger partial charge in [-0.2, -0.15) is 0 Å². The lowest BCUT2D eigenvalue weighted by molar-refractivity contribution is -0.0611. The van der Waals surface area contributed by atoms with E-state index in [0.29, 0.717) is 11.7 Å². The Morgan fingerprint density at radius 3 is 2.50 bits per heavy atom. The van der Waals surface area contributed by atoms with E-state index in [-0.39, 0.29) is 17.0 Å². The summed E-state index contributed by atoms with van der Waals surface area (Å²) < 4.78 is 10.6. The van der Waals surface area contributed by atoms with Gasteiger partial charge in [0.05, 0.1) is 0 Å². The third-order valence-corrected chi connectivity index (χ3v) is 6.72. The van der Waals surface area contributed by atoms with Crippen molar-refractivity contribution in [2.75, 3.05) is 18.0 Å². The number of hydrogen-bond donors (Lipinski definition) is 2. The quantitative estimate of drug-likeness (QED) is 0.673. The second-order valence-electron chi connectivity index (χ2n) is 9.61. The molecule has 4 rings (SSSR count). The minimum Gasteiger partial charge on any atom is -0.438 e. The molecule has 1 aliphatic heterocycles. The van der Waals surface area contributed by atoms with E-state index < -0.39 is 18.1 Å². The summed E-state index contributed by atoms with van der Waals surface area (Å²) in [5.41, 5.74) is 12.0. The standard InChI is InChI=1S/C23H31N5O4/c1-14(2)9-15-3-4-19(26-13-15)28-7-5-23(6-8-28)11-16(12-23)20(31-22(25)30)18-10-17(21(24)29)27-32-18/h3-4,10,13-14,16,20H,5-9,11-12H2,1-2H3,(H2,24,29)(H2,25,30). The number of aromatic nitrogens is 2. The molecule has 32 heavy (non-hydrogen) atoms. The smallest absolute Gasteiger partial charge is 0.405 e. The molecule has 1 atom stereocenters. The van der Waals surface area contributed by atoms with Gasteiger partial charge in [0.2, 0.25) is 0 Å². The van der Waals surface area contributed by atoms with Crippen LogP contribution < -0.4 is 16.4 Å². The van der Waals surface area contributed by atoms with E-state index in [2.05, 4.69) is 41.0 Å². The number of nitrogens with zero attached hydrogens (tertiary/aromatic N) is 3. The Morgan fingerprint density at radius 1 is 1.25 bits per heavy atom.